The molecule has 0 saturated carbocycles. The van der Waals surface area contributed by atoms with Crippen molar-refractivity contribution in [1.29, 1.82) is 0 Å². The predicted octanol–water partition coefficient (Wildman–Crippen LogP) is 4.48. The minimum absolute atomic E-state index is 0.390. The summed E-state index contributed by atoms with van der Waals surface area (Å²) in [5.74, 6) is 2.12. The second-order valence-electron chi connectivity index (χ2n) is 5.77. The van der Waals surface area contributed by atoms with Gasteiger partial charge in [-0.2, -0.15) is 4.98 Å². The van der Waals surface area contributed by atoms with Crippen molar-refractivity contribution in [3.63, 3.8) is 0 Å². The molecule has 7 heteroatoms. The summed E-state index contributed by atoms with van der Waals surface area (Å²) < 4.78 is 11.6. The van der Waals surface area contributed by atoms with Gasteiger partial charge in [0.15, 0.2) is 11.9 Å². The highest BCUT2D eigenvalue weighted by atomic mass is 32.2. The molecule has 0 aliphatic carbocycles. The number of furan rings is 1. The molecular weight excluding hydrogens is 348 g/mol. The van der Waals surface area contributed by atoms with E-state index in [1.807, 2.05) is 49.4 Å². The van der Waals surface area contributed by atoms with Gasteiger partial charge in [-0.25, -0.2) is 0 Å². The first-order chi connectivity index (χ1) is 12.7. The normalized spacial score (nSPS) is 16.1. The summed E-state index contributed by atoms with van der Waals surface area (Å²) in [6.07, 6.45) is 3.21. The van der Waals surface area contributed by atoms with Gasteiger partial charge in [-0.3, -0.25) is 0 Å². The Morgan fingerprint density at radius 2 is 2.12 bits per heavy atom. The van der Waals surface area contributed by atoms with E-state index in [-0.39, 0.29) is 0 Å². The smallest absolute Gasteiger partial charge is 0.247 e. The Kier molecular flexibility index (Phi) is 4.62. The zero-order chi connectivity index (χ0) is 17.9. The number of nitrogens with zero attached hydrogens (tertiary/aromatic N) is 3. The molecule has 1 aromatic carbocycles. The molecule has 2 aromatic heterocycles. The summed E-state index contributed by atoms with van der Waals surface area (Å²) in [7, 11) is 0. The van der Waals surface area contributed by atoms with Crippen molar-refractivity contribution >= 4 is 23.5 Å². The van der Waals surface area contributed by atoms with Crippen molar-refractivity contribution < 1.29 is 9.15 Å². The molecule has 1 N–H and O–H groups in total. The lowest BCUT2D eigenvalue weighted by Crippen LogP contribution is -2.27. The van der Waals surface area contributed by atoms with Crippen LogP contribution in [0.1, 0.15) is 19.6 Å². The standard InChI is InChI=1S/C19H18N4O2S/c1-3-26-19-21-18-16(22-23-19)14-8-4-5-9-15(14)20-17(25-18)12(2)11-13-7-6-10-24-13/h4-11,17,20H,3H2,1-2H3/b12-11+/t17-/m1/s1. The topological polar surface area (TPSA) is 73.1 Å². The Bertz CT molecular complexity index is 940. The SMILES string of the molecule is CCSc1nnc2c(n1)O[C@H](/C(C)=C/c1ccco1)Nc1ccccc1-2. The zero-order valence-corrected chi connectivity index (χ0v) is 15.3. The van der Waals surface area contributed by atoms with Gasteiger partial charge in [0.2, 0.25) is 11.0 Å². The van der Waals surface area contributed by atoms with Crippen LogP contribution in [0, 0.1) is 0 Å². The summed E-state index contributed by atoms with van der Waals surface area (Å²) in [6.45, 7) is 4.04. The summed E-state index contributed by atoms with van der Waals surface area (Å²) in [6, 6.07) is 11.7. The van der Waals surface area contributed by atoms with Crippen LogP contribution in [0.4, 0.5) is 5.69 Å². The van der Waals surface area contributed by atoms with Crippen molar-refractivity contribution in [2.24, 2.45) is 0 Å². The molecule has 0 unspecified atom stereocenters. The lowest BCUT2D eigenvalue weighted by molar-refractivity contribution is 0.255. The highest BCUT2D eigenvalue weighted by molar-refractivity contribution is 7.99. The lowest BCUT2D eigenvalue weighted by Gasteiger charge is -2.19. The third-order valence-corrected chi connectivity index (χ3v) is 4.65. The van der Waals surface area contributed by atoms with Gasteiger partial charge in [0.1, 0.15) is 5.76 Å². The van der Waals surface area contributed by atoms with Crippen LogP contribution in [0.2, 0.25) is 0 Å². The largest absolute Gasteiger partial charge is 0.465 e. The van der Waals surface area contributed by atoms with Gasteiger partial charge in [-0.05, 0) is 42.5 Å². The first-order valence-corrected chi connectivity index (χ1v) is 9.35. The highest BCUT2D eigenvalue weighted by Gasteiger charge is 2.25. The van der Waals surface area contributed by atoms with Crippen LogP contribution in [0.3, 0.4) is 0 Å². The molecule has 1 aliphatic rings. The zero-order valence-electron chi connectivity index (χ0n) is 14.5. The van der Waals surface area contributed by atoms with E-state index < -0.39 is 6.23 Å². The average molecular weight is 366 g/mol. The molecule has 26 heavy (non-hydrogen) atoms. The van der Waals surface area contributed by atoms with Gasteiger partial charge < -0.3 is 14.5 Å². The molecular formula is C19H18N4O2S. The van der Waals surface area contributed by atoms with Crippen molar-refractivity contribution in [1.82, 2.24) is 15.2 Å². The minimum atomic E-state index is -0.390. The Hall–Kier alpha value is -2.80. The van der Waals surface area contributed by atoms with Gasteiger partial charge in [0.05, 0.1) is 6.26 Å². The van der Waals surface area contributed by atoms with E-state index in [9.17, 15) is 0 Å². The maximum Gasteiger partial charge on any atom is 0.247 e. The number of rotatable bonds is 4. The first-order valence-electron chi connectivity index (χ1n) is 8.36. The molecule has 0 fully saturated rings. The fraction of sp³-hybridized carbons (Fsp3) is 0.211. The van der Waals surface area contributed by atoms with Crippen molar-refractivity contribution in [3.8, 4) is 17.1 Å². The van der Waals surface area contributed by atoms with E-state index in [0.717, 1.165) is 28.3 Å². The van der Waals surface area contributed by atoms with Crippen molar-refractivity contribution in [2.45, 2.75) is 25.2 Å². The molecule has 132 valence electrons. The maximum atomic E-state index is 6.19. The van der Waals surface area contributed by atoms with E-state index in [1.54, 1.807) is 6.26 Å². The van der Waals surface area contributed by atoms with Crippen LogP contribution in [-0.4, -0.2) is 27.2 Å². The number of para-hydroxylation sites is 1. The second-order valence-corrected chi connectivity index (χ2v) is 7.00. The lowest BCUT2D eigenvalue weighted by atomic mass is 10.1. The molecule has 3 heterocycles. The van der Waals surface area contributed by atoms with Crippen LogP contribution >= 0.6 is 11.8 Å². The van der Waals surface area contributed by atoms with Gasteiger partial charge in [-0.15, -0.1) is 10.2 Å². The van der Waals surface area contributed by atoms with Crippen LogP contribution in [0.15, 0.2) is 57.8 Å². The fourth-order valence-electron chi connectivity index (χ4n) is 2.72. The monoisotopic (exact) mass is 366 g/mol. The van der Waals surface area contributed by atoms with Crippen molar-refractivity contribution in [3.05, 3.63) is 54.0 Å². The van der Waals surface area contributed by atoms with E-state index in [2.05, 4.69) is 27.4 Å². The number of ether oxygens (including phenoxy) is 1. The molecule has 0 bridgehead atoms. The fourth-order valence-corrected chi connectivity index (χ4v) is 3.22. The molecule has 0 radical (unpaired) electrons. The molecule has 0 amide bonds. The Labute approximate surface area is 155 Å². The van der Waals surface area contributed by atoms with Gasteiger partial charge in [-0.1, -0.05) is 36.9 Å². The Morgan fingerprint density at radius 1 is 1.23 bits per heavy atom. The van der Waals surface area contributed by atoms with E-state index in [1.165, 1.54) is 11.8 Å². The summed E-state index contributed by atoms with van der Waals surface area (Å²) in [5, 5.41) is 12.6. The number of hydrogen-bond donors (Lipinski definition) is 1. The second kappa shape index (κ2) is 7.21. The average Bonchev–Trinajstić information content (AvgIpc) is 3.09. The van der Waals surface area contributed by atoms with Crippen molar-refractivity contribution in [2.75, 3.05) is 11.1 Å². The summed E-state index contributed by atoms with van der Waals surface area (Å²) >= 11 is 1.53. The molecule has 3 aromatic rings. The van der Waals surface area contributed by atoms with Crippen LogP contribution < -0.4 is 10.1 Å². The number of aromatic nitrogens is 3. The number of benzene rings is 1. The van der Waals surface area contributed by atoms with E-state index in [0.29, 0.717) is 16.7 Å². The Balaban J connectivity index is 1.77. The Morgan fingerprint density at radius 3 is 2.92 bits per heavy atom. The third kappa shape index (κ3) is 3.30. The number of hydrogen-bond acceptors (Lipinski definition) is 7. The maximum absolute atomic E-state index is 6.19. The first kappa shape index (κ1) is 16.7. The van der Waals surface area contributed by atoms with Crippen LogP contribution in [-0.2, 0) is 0 Å². The number of thioether (sulfide) groups is 1. The molecule has 0 saturated heterocycles. The predicted molar refractivity (Wildman–Crippen MR) is 102 cm³/mol. The van der Waals surface area contributed by atoms with E-state index in [4.69, 9.17) is 9.15 Å². The van der Waals surface area contributed by atoms with Crippen LogP contribution in [0.25, 0.3) is 17.3 Å². The number of anilines is 1. The summed E-state index contributed by atoms with van der Waals surface area (Å²) in [4.78, 5) is 4.57. The van der Waals surface area contributed by atoms with Gasteiger partial charge in [0, 0.05) is 11.3 Å². The van der Waals surface area contributed by atoms with Gasteiger partial charge in [0.25, 0.3) is 0 Å². The molecule has 4 rings (SSSR count). The number of fused-ring (bicyclic) bond motifs is 3. The highest BCUT2D eigenvalue weighted by Crippen LogP contribution is 2.37. The quantitative estimate of drug-likeness (QED) is 0.683. The molecule has 1 atom stereocenters. The minimum Gasteiger partial charge on any atom is -0.465 e. The molecule has 0 spiro atoms. The third-order valence-electron chi connectivity index (χ3n) is 3.93. The van der Waals surface area contributed by atoms with Gasteiger partial charge >= 0.3 is 0 Å². The number of nitrogens with one attached hydrogen (secondary N) is 1. The summed E-state index contributed by atoms with van der Waals surface area (Å²) in [5.41, 5.74) is 3.45. The van der Waals surface area contributed by atoms with E-state index >= 15 is 0 Å². The molecule has 6 nitrogen and oxygen atoms in total. The van der Waals surface area contributed by atoms with Crippen LogP contribution in [0.5, 0.6) is 5.88 Å². The molecule has 1 aliphatic heterocycles.